The highest BCUT2D eigenvalue weighted by Gasteiger charge is 2.37. The number of imide groups is 1. The van der Waals surface area contributed by atoms with E-state index in [1.54, 1.807) is 0 Å². The normalized spacial score (nSPS) is 19.9. The summed E-state index contributed by atoms with van der Waals surface area (Å²) in [4.78, 5) is 24.8. The van der Waals surface area contributed by atoms with Crippen LogP contribution >= 0.6 is 0 Å². The van der Waals surface area contributed by atoms with Gasteiger partial charge < -0.3 is 10.1 Å². The van der Waals surface area contributed by atoms with E-state index in [1.807, 2.05) is 6.92 Å². The molecule has 5 nitrogen and oxygen atoms in total. The van der Waals surface area contributed by atoms with Crippen LogP contribution in [0.2, 0.25) is 0 Å². The summed E-state index contributed by atoms with van der Waals surface area (Å²) in [6.45, 7) is 6.78. The predicted octanol–water partition coefficient (Wildman–Crippen LogP) is 0.930. The smallest absolute Gasteiger partial charge is 0.246 e. The Labute approximate surface area is 109 Å². The largest absolute Gasteiger partial charge is 0.381 e. The quantitative estimate of drug-likeness (QED) is 0.492. The number of nitrogens with one attached hydrogen (secondary N) is 1. The van der Waals surface area contributed by atoms with E-state index in [0.29, 0.717) is 26.1 Å². The van der Waals surface area contributed by atoms with Crippen LogP contribution in [0.15, 0.2) is 0 Å². The first-order valence-electron chi connectivity index (χ1n) is 6.86. The molecule has 0 spiro atoms. The van der Waals surface area contributed by atoms with Gasteiger partial charge in [-0.1, -0.05) is 13.8 Å². The summed E-state index contributed by atoms with van der Waals surface area (Å²) in [5.41, 5.74) is 0. The highest BCUT2D eigenvalue weighted by Crippen LogP contribution is 2.13. The van der Waals surface area contributed by atoms with Gasteiger partial charge in [0, 0.05) is 19.8 Å². The molecule has 2 amide bonds. The van der Waals surface area contributed by atoms with Gasteiger partial charge in [-0.05, 0) is 25.8 Å². The SMILES string of the molecule is CCCOCCCNC1CC(=O)N(CCC)C1=O. The molecule has 0 bridgehead atoms. The van der Waals surface area contributed by atoms with Gasteiger partial charge in [0.15, 0.2) is 0 Å². The molecule has 0 aromatic rings. The third kappa shape index (κ3) is 4.38. The molecule has 1 aliphatic heterocycles. The molecule has 0 saturated carbocycles. The molecule has 104 valence electrons. The number of carbonyl (C=O) groups excluding carboxylic acids is 2. The third-order valence-corrected chi connectivity index (χ3v) is 2.90. The lowest BCUT2D eigenvalue weighted by Crippen LogP contribution is -2.39. The Bertz CT molecular complexity index is 281. The van der Waals surface area contributed by atoms with Crippen LogP contribution in [0.25, 0.3) is 0 Å². The molecule has 5 heteroatoms. The fourth-order valence-corrected chi connectivity index (χ4v) is 2.00. The van der Waals surface area contributed by atoms with Crippen molar-refractivity contribution < 1.29 is 14.3 Å². The van der Waals surface area contributed by atoms with E-state index < -0.39 is 0 Å². The first kappa shape index (κ1) is 15.1. The Balaban J connectivity index is 2.19. The molecule has 1 heterocycles. The van der Waals surface area contributed by atoms with Crippen molar-refractivity contribution in [3.05, 3.63) is 0 Å². The van der Waals surface area contributed by atoms with Gasteiger partial charge in [-0.15, -0.1) is 0 Å². The number of amides is 2. The van der Waals surface area contributed by atoms with Crippen molar-refractivity contribution in [2.45, 2.75) is 45.6 Å². The molecule has 1 N–H and O–H groups in total. The minimum absolute atomic E-state index is 0.0541. The van der Waals surface area contributed by atoms with E-state index in [-0.39, 0.29) is 17.9 Å². The topological polar surface area (TPSA) is 58.6 Å². The highest BCUT2D eigenvalue weighted by molar-refractivity contribution is 6.05. The molecule has 1 rings (SSSR count). The molecule has 0 aromatic carbocycles. The Kier molecular flexibility index (Phi) is 6.90. The van der Waals surface area contributed by atoms with Crippen molar-refractivity contribution in [2.24, 2.45) is 0 Å². The van der Waals surface area contributed by atoms with E-state index in [9.17, 15) is 9.59 Å². The summed E-state index contributed by atoms with van der Waals surface area (Å²) in [5.74, 6) is -0.127. The maximum absolute atomic E-state index is 11.9. The van der Waals surface area contributed by atoms with Gasteiger partial charge in [-0.3, -0.25) is 14.5 Å². The van der Waals surface area contributed by atoms with Crippen LogP contribution in [0.4, 0.5) is 0 Å². The van der Waals surface area contributed by atoms with Crippen molar-refractivity contribution in [2.75, 3.05) is 26.3 Å². The lowest BCUT2D eigenvalue weighted by molar-refractivity contribution is -0.138. The van der Waals surface area contributed by atoms with Crippen LogP contribution in [-0.4, -0.2) is 49.1 Å². The first-order valence-corrected chi connectivity index (χ1v) is 6.86. The molecule has 1 saturated heterocycles. The Hall–Kier alpha value is -0.940. The predicted molar refractivity (Wildman–Crippen MR) is 69.1 cm³/mol. The summed E-state index contributed by atoms with van der Waals surface area (Å²) >= 11 is 0. The van der Waals surface area contributed by atoms with Crippen molar-refractivity contribution in [1.82, 2.24) is 10.2 Å². The summed E-state index contributed by atoms with van der Waals surface area (Å²) in [6, 6.07) is -0.324. The lowest BCUT2D eigenvalue weighted by atomic mass is 10.2. The second-order valence-corrected chi connectivity index (χ2v) is 4.56. The molecule has 0 aromatic heterocycles. The minimum atomic E-state index is -0.324. The van der Waals surface area contributed by atoms with Crippen LogP contribution in [0.5, 0.6) is 0 Å². The Morgan fingerprint density at radius 3 is 2.72 bits per heavy atom. The molecule has 1 atom stereocenters. The van der Waals surface area contributed by atoms with Gasteiger partial charge >= 0.3 is 0 Å². The summed E-state index contributed by atoms with van der Waals surface area (Å²) in [7, 11) is 0. The van der Waals surface area contributed by atoms with Crippen LogP contribution in [-0.2, 0) is 14.3 Å². The zero-order valence-electron chi connectivity index (χ0n) is 11.4. The fourth-order valence-electron chi connectivity index (χ4n) is 2.00. The Morgan fingerprint density at radius 2 is 2.06 bits per heavy atom. The van der Waals surface area contributed by atoms with Gasteiger partial charge in [0.2, 0.25) is 11.8 Å². The first-order chi connectivity index (χ1) is 8.70. The van der Waals surface area contributed by atoms with E-state index in [4.69, 9.17) is 4.74 Å². The number of nitrogens with zero attached hydrogens (tertiary/aromatic N) is 1. The monoisotopic (exact) mass is 256 g/mol. The van der Waals surface area contributed by atoms with Gasteiger partial charge in [0.25, 0.3) is 0 Å². The zero-order valence-corrected chi connectivity index (χ0v) is 11.4. The number of likely N-dealkylation sites (tertiary alicyclic amines) is 1. The molecule has 1 unspecified atom stereocenters. The van der Waals surface area contributed by atoms with E-state index >= 15 is 0 Å². The molecule has 0 aliphatic carbocycles. The summed E-state index contributed by atoms with van der Waals surface area (Å²) in [5, 5.41) is 3.14. The highest BCUT2D eigenvalue weighted by atomic mass is 16.5. The van der Waals surface area contributed by atoms with Gasteiger partial charge in [0.1, 0.15) is 0 Å². The zero-order chi connectivity index (χ0) is 13.4. The average molecular weight is 256 g/mol. The number of rotatable bonds is 9. The van der Waals surface area contributed by atoms with E-state index in [0.717, 1.165) is 25.9 Å². The summed E-state index contributed by atoms with van der Waals surface area (Å²) < 4.78 is 5.35. The van der Waals surface area contributed by atoms with Crippen LogP contribution < -0.4 is 5.32 Å². The van der Waals surface area contributed by atoms with Gasteiger partial charge in [-0.25, -0.2) is 0 Å². The van der Waals surface area contributed by atoms with Crippen LogP contribution in [0.3, 0.4) is 0 Å². The maximum atomic E-state index is 11.9. The van der Waals surface area contributed by atoms with E-state index in [2.05, 4.69) is 12.2 Å². The third-order valence-electron chi connectivity index (χ3n) is 2.90. The van der Waals surface area contributed by atoms with Crippen molar-refractivity contribution in [3.8, 4) is 0 Å². The second-order valence-electron chi connectivity index (χ2n) is 4.56. The number of hydrogen-bond acceptors (Lipinski definition) is 4. The second kappa shape index (κ2) is 8.21. The molecule has 18 heavy (non-hydrogen) atoms. The van der Waals surface area contributed by atoms with Crippen molar-refractivity contribution in [1.29, 1.82) is 0 Å². The standard InChI is InChI=1S/C13H24N2O3/c1-3-7-15-12(16)10-11(13(15)17)14-6-5-9-18-8-4-2/h11,14H,3-10H2,1-2H3. The van der Waals surface area contributed by atoms with Crippen molar-refractivity contribution >= 4 is 11.8 Å². The minimum Gasteiger partial charge on any atom is -0.381 e. The number of carbonyl (C=O) groups is 2. The maximum Gasteiger partial charge on any atom is 0.246 e. The van der Waals surface area contributed by atoms with Gasteiger partial charge in [-0.2, -0.15) is 0 Å². The molecule has 1 aliphatic rings. The molecule has 1 fully saturated rings. The molecule has 0 radical (unpaired) electrons. The fraction of sp³-hybridized carbons (Fsp3) is 0.846. The van der Waals surface area contributed by atoms with Gasteiger partial charge in [0.05, 0.1) is 12.5 Å². The molecular formula is C13H24N2O3. The summed E-state index contributed by atoms with van der Waals surface area (Å²) in [6.07, 6.45) is 3.00. The van der Waals surface area contributed by atoms with Crippen molar-refractivity contribution in [3.63, 3.8) is 0 Å². The number of ether oxygens (including phenoxy) is 1. The molecular weight excluding hydrogens is 232 g/mol. The van der Waals surface area contributed by atoms with Crippen LogP contribution in [0, 0.1) is 0 Å². The van der Waals surface area contributed by atoms with E-state index in [1.165, 1.54) is 4.90 Å². The Morgan fingerprint density at radius 1 is 1.28 bits per heavy atom. The average Bonchev–Trinajstić information content (AvgIpc) is 2.62. The lowest BCUT2D eigenvalue weighted by Gasteiger charge is -2.14. The number of hydrogen-bond donors (Lipinski definition) is 1. The van der Waals surface area contributed by atoms with Crippen LogP contribution in [0.1, 0.15) is 39.5 Å².